The van der Waals surface area contributed by atoms with Gasteiger partial charge in [0, 0.05) is 25.1 Å². The quantitative estimate of drug-likeness (QED) is 0.406. The molecule has 3 rings (SSSR count). The Hall–Kier alpha value is -3.46. The number of ether oxygens (including phenoxy) is 2. The number of piperazine rings is 1. The second kappa shape index (κ2) is 12.9. The van der Waals surface area contributed by atoms with Crippen molar-refractivity contribution in [2.45, 2.75) is 45.3 Å². The fourth-order valence-corrected chi connectivity index (χ4v) is 3.88. The topological polar surface area (TPSA) is 97.0 Å². The molecule has 2 atom stereocenters. The highest BCUT2D eigenvalue weighted by Crippen LogP contribution is 2.17. The third kappa shape index (κ3) is 7.78. The van der Waals surface area contributed by atoms with Gasteiger partial charge >= 0.3 is 5.97 Å². The first-order chi connectivity index (χ1) is 16.9. The van der Waals surface area contributed by atoms with Gasteiger partial charge in [0.15, 0.2) is 5.11 Å². The summed E-state index contributed by atoms with van der Waals surface area (Å²) in [5.74, 6) is -0.667. The van der Waals surface area contributed by atoms with E-state index in [2.05, 4.69) is 10.6 Å². The maximum atomic E-state index is 12.8. The van der Waals surface area contributed by atoms with Gasteiger partial charge in [0.2, 0.25) is 5.91 Å². The van der Waals surface area contributed by atoms with Crippen LogP contribution in [-0.2, 0) is 20.7 Å². The highest BCUT2D eigenvalue weighted by molar-refractivity contribution is 7.80. The smallest absolute Gasteiger partial charge is 0.308 e. The highest BCUT2D eigenvalue weighted by Gasteiger charge is 2.34. The molecule has 1 saturated heterocycles. The van der Waals surface area contributed by atoms with Crippen molar-refractivity contribution in [3.8, 4) is 5.75 Å². The van der Waals surface area contributed by atoms with E-state index in [0.717, 1.165) is 12.0 Å². The third-order valence-electron chi connectivity index (χ3n) is 5.68. The summed E-state index contributed by atoms with van der Waals surface area (Å²) in [6.45, 7) is 4.91. The number of esters is 1. The second-order valence-corrected chi connectivity index (χ2v) is 8.67. The van der Waals surface area contributed by atoms with Crippen molar-refractivity contribution in [3.63, 3.8) is 0 Å². The average molecular weight is 498 g/mol. The first-order valence-corrected chi connectivity index (χ1v) is 12.1. The molecule has 2 amide bonds. The Labute approximate surface area is 211 Å². The van der Waals surface area contributed by atoms with Gasteiger partial charge in [-0.25, -0.2) is 0 Å². The van der Waals surface area contributed by atoms with Gasteiger partial charge in [-0.1, -0.05) is 43.3 Å². The lowest BCUT2D eigenvalue weighted by Crippen LogP contribution is -2.60. The van der Waals surface area contributed by atoms with E-state index in [1.54, 1.807) is 29.2 Å². The van der Waals surface area contributed by atoms with Crippen LogP contribution in [0.4, 0.5) is 0 Å². The molecule has 0 aliphatic carbocycles. The lowest BCUT2D eigenvalue weighted by molar-refractivity contribution is -0.147. The summed E-state index contributed by atoms with van der Waals surface area (Å²) in [6, 6.07) is 15.6. The number of rotatable bonds is 9. The minimum absolute atomic E-state index is 0.0226. The summed E-state index contributed by atoms with van der Waals surface area (Å²) < 4.78 is 11.1. The van der Waals surface area contributed by atoms with Crippen LogP contribution >= 0.6 is 12.2 Å². The van der Waals surface area contributed by atoms with E-state index in [-0.39, 0.29) is 30.2 Å². The van der Waals surface area contributed by atoms with Gasteiger partial charge in [0.05, 0.1) is 19.1 Å². The van der Waals surface area contributed by atoms with Gasteiger partial charge in [-0.3, -0.25) is 19.7 Å². The normalized spacial score (nSPS) is 16.1. The van der Waals surface area contributed by atoms with Crippen LogP contribution in [0.25, 0.3) is 0 Å². The number of hydrogen-bond donors (Lipinski definition) is 2. The number of hydrogen-bond acceptors (Lipinski definition) is 6. The third-order valence-corrected chi connectivity index (χ3v) is 6.01. The van der Waals surface area contributed by atoms with Crippen LogP contribution in [0.15, 0.2) is 54.6 Å². The molecule has 9 heteroatoms. The predicted octanol–water partition coefficient (Wildman–Crippen LogP) is 2.86. The Bertz CT molecular complexity index is 1050. The summed E-state index contributed by atoms with van der Waals surface area (Å²) >= 11 is 5.44. The van der Waals surface area contributed by atoms with E-state index in [0.29, 0.717) is 30.8 Å². The molecule has 2 unspecified atom stereocenters. The molecule has 35 heavy (non-hydrogen) atoms. The van der Waals surface area contributed by atoms with Crippen molar-refractivity contribution in [1.29, 1.82) is 0 Å². The van der Waals surface area contributed by atoms with Crippen molar-refractivity contribution in [1.82, 2.24) is 15.5 Å². The number of nitrogens with zero attached hydrogens (tertiary/aromatic N) is 1. The molecule has 2 aromatic rings. The molecule has 2 N–H and O–H groups in total. The minimum Gasteiger partial charge on any atom is -0.491 e. The van der Waals surface area contributed by atoms with Gasteiger partial charge in [-0.05, 0) is 49.3 Å². The molecular formula is C26H31N3O5S. The number of benzene rings is 2. The van der Waals surface area contributed by atoms with Crippen LogP contribution in [0.3, 0.4) is 0 Å². The minimum atomic E-state index is -0.860. The molecule has 1 aliphatic rings. The maximum Gasteiger partial charge on any atom is 0.308 e. The monoisotopic (exact) mass is 497 g/mol. The van der Waals surface area contributed by atoms with Gasteiger partial charge in [0.1, 0.15) is 11.8 Å². The summed E-state index contributed by atoms with van der Waals surface area (Å²) in [6.07, 6.45) is 1.28. The Morgan fingerprint density at radius 1 is 1.20 bits per heavy atom. The molecular weight excluding hydrogens is 466 g/mol. The van der Waals surface area contributed by atoms with Crippen molar-refractivity contribution in [2.24, 2.45) is 0 Å². The van der Waals surface area contributed by atoms with E-state index in [4.69, 9.17) is 21.7 Å². The Morgan fingerprint density at radius 2 is 1.97 bits per heavy atom. The predicted molar refractivity (Wildman–Crippen MR) is 136 cm³/mol. The van der Waals surface area contributed by atoms with Crippen LogP contribution in [-0.4, -0.2) is 59.6 Å². The first kappa shape index (κ1) is 26.2. The molecule has 0 spiro atoms. The van der Waals surface area contributed by atoms with E-state index >= 15 is 0 Å². The van der Waals surface area contributed by atoms with Crippen LogP contribution < -0.4 is 15.4 Å². The van der Waals surface area contributed by atoms with Gasteiger partial charge < -0.3 is 19.7 Å². The second-order valence-electron chi connectivity index (χ2n) is 8.28. The average Bonchev–Trinajstić information content (AvgIpc) is 2.86. The molecule has 0 aromatic heterocycles. The summed E-state index contributed by atoms with van der Waals surface area (Å²) in [5.41, 5.74) is 1.44. The lowest BCUT2D eigenvalue weighted by Gasteiger charge is -2.36. The zero-order valence-corrected chi connectivity index (χ0v) is 20.8. The number of carbonyl (C=O) groups excluding carboxylic acids is 3. The Balaban J connectivity index is 1.57. The molecule has 0 bridgehead atoms. The number of amides is 2. The zero-order chi connectivity index (χ0) is 25.2. The van der Waals surface area contributed by atoms with E-state index in [1.165, 1.54) is 0 Å². The van der Waals surface area contributed by atoms with Gasteiger partial charge in [-0.2, -0.15) is 0 Å². The fourth-order valence-electron chi connectivity index (χ4n) is 3.57. The summed E-state index contributed by atoms with van der Waals surface area (Å²) in [4.78, 5) is 39.3. The molecule has 186 valence electrons. The molecule has 8 nitrogen and oxygen atoms in total. The molecule has 0 radical (unpaired) electrons. The van der Waals surface area contributed by atoms with Crippen LogP contribution in [0.2, 0.25) is 0 Å². The van der Waals surface area contributed by atoms with Crippen molar-refractivity contribution in [3.05, 3.63) is 65.7 Å². The molecule has 1 heterocycles. The Morgan fingerprint density at radius 3 is 2.71 bits per heavy atom. The van der Waals surface area contributed by atoms with Crippen LogP contribution in [0.5, 0.6) is 5.75 Å². The van der Waals surface area contributed by atoms with Crippen molar-refractivity contribution >= 4 is 35.1 Å². The number of nitrogens with one attached hydrogen (secondary N) is 2. The van der Waals surface area contributed by atoms with Crippen molar-refractivity contribution < 1.29 is 23.9 Å². The summed E-state index contributed by atoms with van der Waals surface area (Å²) in [5, 5.41) is 5.51. The molecule has 1 fully saturated rings. The van der Waals surface area contributed by atoms with E-state index < -0.39 is 17.9 Å². The lowest BCUT2D eigenvalue weighted by atomic mass is 10.1. The van der Waals surface area contributed by atoms with Crippen molar-refractivity contribution in [2.75, 3.05) is 19.7 Å². The fraction of sp³-hybridized carbons (Fsp3) is 0.385. The van der Waals surface area contributed by atoms with Crippen LogP contribution in [0.1, 0.15) is 42.6 Å². The zero-order valence-electron chi connectivity index (χ0n) is 20.0. The van der Waals surface area contributed by atoms with E-state index in [9.17, 15) is 14.4 Å². The summed E-state index contributed by atoms with van der Waals surface area (Å²) in [7, 11) is 0. The standard InChI is InChI=1S/C26H31N3O5S/c1-3-18(2)34-21-11-7-10-20(16-21)24(31)28-26(35)29-14-13-27-25(32)22(29)17-23(30)33-15-12-19-8-5-4-6-9-19/h4-11,16,18,22H,3,12-15,17H2,1-2H3,(H,27,32)(H,28,31,35). The van der Waals surface area contributed by atoms with Gasteiger partial charge in [0.25, 0.3) is 5.91 Å². The van der Waals surface area contributed by atoms with E-state index in [1.807, 2.05) is 44.2 Å². The molecule has 2 aromatic carbocycles. The number of carbonyl (C=O) groups is 3. The molecule has 0 saturated carbocycles. The first-order valence-electron chi connectivity index (χ1n) is 11.7. The highest BCUT2D eigenvalue weighted by atomic mass is 32.1. The Kier molecular flexibility index (Phi) is 9.60. The maximum absolute atomic E-state index is 12.8. The molecule has 1 aliphatic heterocycles. The SMILES string of the molecule is CCC(C)Oc1cccc(C(=O)NC(=S)N2CCNC(=O)C2CC(=O)OCCc2ccccc2)c1. The largest absolute Gasteiger partial charge is 0.491 e. The number of thiocarbonyl (C=S) groups is 1. The van der Waals surface area contributed by atoms with Gasteiger partial charge in [-0.15, -0.1) is 0 Å². The van der Waals surface area contributed by atoms with Crippen LogP contribution in [0, 0.1) is 0 Å².